The van der Waals surface area contributed by atoms with Gasteiger partial charge in [-0.1, -0.05) is 19.9 Å². The molecule has 1 aromatic carbocycles. The highest BCUT2D eigenvalue weighted by molar-refractivity contribution is 5.81. The van der Waals surface area contributed by atoms with Gasteiger partial charge in [0.1, 0.15) is 0 Å². The molecule has 0 radical (unpaired) electrons. The molecule has 138 valence electrons. The Labute approximate surface area is 147 Å². The highest BCUT2D eigenvalue weighted by Gasteiger charge is 2.17. The van der Waals surface area contributed by atoms with Crippen molar-refractivity contribution in [3.05, 3.63) is 23.8 Å². The van der Waals surface area contributed by atoms with E-state index in [2.05, 4.69) is 19.2 Å². The smallest absolute Gasteiger partial charge is 0.335 e. The number of ether oxygens (including phenoxy) is 4. The van der Waals surface area contributed by atoms with Crippen LogP contribution in [0.4, 0.5) is 0 Å². The van der Waals surface area contributed by atoms with Crippen LogP contribution < -0.4 is 14.8 Å². The summed E-state index contributed by atoms with van der Waals surface area (Å²) in [5, 5.41) is 2.69. The molecule has 0 spiro atoms. The maximum atomic E-state index is 11.8. The topological polar surface area (TPSA) is 83.1 Å². The number of rotatable bonds is 9. The van der Waals surface area contributed by atoms with Gasteiger partial charge in [0.05, 0.1) is 0 Å². The fourth-order valence-corrected chi connectivity index (χ4v) is 2.11. The summed E-state index contributed by atoms with van der Waals surface area (Å²) in [6.45, 7) is 6.46. The van der Waals surface area contributed by atoms with Gasteiger partial charge in [0, 0.05) is 13.2 Å². The molecule has 1 unspecified atom stereocenters. The minimum absolute atomic E-state index is 0.207. The first-order chi connectivity index (χ1) is 12.0. The standard InChI is InChI=1S/C18H25NO6/c1-12(2)6-7-22-13(3)18(21)23-10-17(20)19-9-14-4-5-15-16(8-14)25-11-24-15/h4-5,8,12-13H,6-7,9-11H2,1-3H3,(H,19,20). The summed E-state index contributed by atoms with van der Waals surface area (Å²) < 4.78 is 20.9. The SMILES string of the molecule is CC(C)CCOC(C)C(=O)OCC(=O)NCc1ccc2c(c1)OCO2. The molecule has 1 amide bonds. The number of hydrogen-bond donors (Lipinski definition) is 1. The van der Waals surface area contributed by atoms with E-state index in [1.807, 2.05) is 6.07 Å². The van der Waals surface area contributed by atoms with Crippen LogP contribution in [-0.2, 0) is 25.6 Å². The Balaban J connectivity index is 1.65. The summed E-state index contributed by atoms with van der Waals surface area (Å²) in [5.41, 5.74) is 0.870. The molecular formula is C18H25NO6. The molecule has 1 atom stereocenters. The molecule has 1 aliphatic heterocycles. The maximum Gasteiger partial charge on any atom is 0.335 e. The molecule has 2 rings (SSSR count). The third-order valence-corrected chi connectivity index (χ3v) is 3.67. The van der Waals surface area contributed by atoms with E-state index in [1.54, 1.807) is 19.1 Å². The van der Waals surface area contributed by atoms with E-state index in [1.165, 1.54) is 0 Å². The quantitative estimate of drug-likeness (QED) is 0.686. The lowest BCUT2D eigenvalue weighted by Crippen LogP contribution is -2.31. The van der Waals surface area contributed by atoms with Crippen molar-refractivity contribution >= 4 is 11.9 Å². The monoisotopic (exact) mass is 351 g/mol. The number of hydrogen-bond acceptors (Lipinski definition) is 6. The second-order valence-corrected chi connectivity index (χ2v) is 6.27. The molecule has 0 fully saturated rings. The van der Waals surface area contributed by atoms with Crippen LogP contribution in [0.2, 0.25) is 0 Å². The Morgan fingerprint density at radius 2 is 1.96 bits per heavy atom. The van der Waals surface area contributed by atoms with Gasteiger partial charge in [0.15, 0.2) is 24.2 Å². The molecule has 1 aliphatic rings. The van der Waals surface area contributed by atoms with Crippen molar-refractivity contribution in [3.8, 4) is 11.5 Å². The maximum absolute atomic E-state index is 11.8. The molecule has 0 aliphatic carbocycles. The number of nitrogens with one attached hydrogen (secondary N) is 1. The van der Waals surface area contributed by atoms with Crippen molar-refractivity contribution in [2.45, 2.75) is 39.8 Å². The highest BCUT2D eigenvalue weighted by Crippen LogP contribution is 2.32. The zero-order valence-corrected chi connectivity index (χ0v) is 14.9. The summed E-state index contributed by atoms with van der Waals surface area (Å²) in [6, 6.07) is 5.43. The number of benzene rings is 1. The van der Waals surface area contributed by atoms with Crippen molar-refractivity contribution in [2.24, 2.45) is 5.92 Å². The van der Waals surface area contributed by atoms with Gasteiger partial charge < -0.3 is 24.3 Å². The lowest BCUT2D eigenvalue weighted by molar-refractivity contribution is -0.159. The average molecular weight is 351 g/mol. The molecule has 7 heteroatoms. The number of fused-ring (bicyclic) bond motifs is 1. The Hall–Kier alpha value is -2.28. The van der Waals surface area contributed by atoms with Gasteiger partial charge >= 0.3 is 5.97 Å². The molecule has 1 aromatic rings. The molecule has 7 nitrogen and oxygen atoms in total. The molecule has 0 saturated carbocycles. The molecule has 0 aromatic heterocycles. The van der Waals surface area contributed by atoms with Crippen molar-refractivity contribution in [3.63, 3.8) is 0 Å². The zero-order valence-electron chi connectivity index (χ0n) is 14.9. The van der Waals surface area contributed by atoms with Crippen molar-refractivity contribution in [1.29, 1.82) is 0 Å². The number of carbonyl (C=O) groups excluding carboxylic acids is 2. The van der Waals surface area contributed by atoms with Crippen LogP contribution >= 0.6 is 0 Å². The van der Waals surface area contributed by atoms with Gasteiger partial charge in [-0.15, -0.1) is 0 Å². The molecular weight excluding hydrogens is 326 g/mol. The second-order valence-electron chi connectivity index (χ2n) is 6.27. The summed E-state index contributed by atoms with van der Waals surface area (Å²) in [5.74, 6) is 0.938. The lowest BCUT2D eigenvalue weighted by atomic mass is 10.1. The molecule has 25 heavy (non-hydrogen) atoms. The predicted octanol–water partition coefficient (Wildman–Crippen LogP) is 2.03. The van der Waals surface area contributed by atoms with E-state index < -0.39 is 12.1 Å². The predicted molar refractivity (Wildman–Crippen MR) is 90.2 cm³/mol. The molecule has 0 saturated heterocycles. The van der Waals surface area contributed by atoms with Crippen LogP contribution in [0, 0.1) is 5.92 Å². The summed E-state index contributed by atoms with van der Waals surface area (Å²) >= 11 is 0. The third kappa shape index (κ3) is 6.26. The summed E-state index contributed by atoms with van der Waals surface area (Å²) in [7, 11) is 0. The van der Waals surface area contributed by atoms with Crippen molar-refractivity contribution in [2.75, 3.05) is 20.0 Å². The van der Waals surface area contributed by atoms with E-state index in [0.29, 0.717) is 30.6 Å². The number of carbonyl (C=O) groups is 2. The lowest BCUT2D eigenvalue weighted by Gasteiger charge is -2.13. The minimum atomic E-state index is -0.680. The Kier molecular flexibility index (Phi) is 7.06. The number of amides is 1. The van der Waals surface area contributed by atoms with Gasteiger partial charge in [-0.2, -0.15) is 0 Å². The van der Waals surface area contributed by atoms with Crippen LogP contribution in [0.5, 0.6) is 11.5 Å². The van der Waals surface area contributed by atoms with E-state index in [4.69, 9.17) is 18.9 Å². The van der Waals surface area contributed by atoms with E-state index in [9.17, 15) is 9.59 Å². The zero-order chi connectivity index (χ0) is 18.2. The fourth-order valence-electron chi connectivity index (χ4n) is 2.11. The molecule has 1 N–H and O–H groups in total. The first kappa shape index (κ1) is 19.1. The molecule has 1 heterocycles. The van der Waals surface area contributed by atoms with E-state index in [0.717, 1.165) is 12.0 Å². The first-order valence-electron chi connectivity index (χ1n) is 8.39. The summed E-state index contributed by atoms with van der Waals surface area (Å²) in [4.78, 5) is 23.6. The normalized spacial score (nSPS) is 13.6. The Morgan fingerprint density at radius 1 is 1.20 bits per heavy atom. The Bertz CT molecular complexity index is 601. The van der Waals surface area contributed by atoms with Gasteiger partial charge in [0.2, 0.25) is 6.79 Å². The minimum Gasteiger partial charge on any atom is -0.454 e. The third-order valence-electron chi connectivity index (χ3n) is 3.67. The largest absolute Gasteiger partial charge is 0.454 e. The van der Waals surface area contributed by atoms with Crippen molar-refractivity contribution < 1.29 is 28.5 Å². The van der Waals surface area contributed by atoms with Crippen LogP contribution in [0.1, 0.15) is 32.8 Å². The number of esters is 1. The van der Waals surface area contributed by atoms with Crippen LogP contribution in [0.25, 0.3) is 0 Å². The van der Waals surface area contributed by atoms with Gasteiger partial charge in [-0.25, -0.2) is 4.79 Å². The van der Waals surface area contributed by atoms with Crippen LogP contribution in [0.15, 0.2) is 18.2 Å². The first-order valence-corrected chi connectivity index (χ1v) is 8.39. The van der Waals surface area contributed by atoms with Crippen LogP contribution in [-0.4, -0.2) is 38.0 Å². The second kappa shape index (κ2) is 9.27. The van der Waals surface area contributed by atoms with Crippen LogP contribution in [0.3, 0.4) is 0 Å². The fraction of sp³-hybridized carbons (Fsp3) is 0.556. The van der Waals surface area contributed by atoms with Gasteiger partial charge in [0.25, 0.3) is 5.91 Å². The molecule has 0 bridgehead atoms. The highest BCUT2D eigenvalue weighted by atomic mass is 16.7. The summed E-state index contributed by atoms with van der Waals surface area (Å²) in [6.07, 6.45) is 0.189. The van der Waals surface area contributed by atoms with Gasteiger partial charge in [-0.3, -0.25) is 4.79 Å². The Morgan fingerprint density at radius 3 is 2.72 bits per heavy atom. The van der Waals surface area contributed by atoms with E-state index in [-0.39, 0.29) is 19.3 Å². The van der Waals surface area contributed by atoms with E-state index >= 15 is 0 Å². The van der Waals surface area contributed by atoms with Gasteiger partial charge in [-0.05, 0) is 37.0 Å². The van der Waals surface area contributed by atoms with Crippen molar-refractivity contribution in [1.82, 2.24) is 5.32 Å². The average Bonchev–Trinajstić information content (AvgIpc) is 3.05.